The molecular formula is C22H17N3. The number of rotatable bonds is 3. The zero-order chi connectivity index (χ0) is 16.6. The Hall–Kier alpha value is -3.33. The third-order valence-electron chi connectivity index (χ3n) is 4.64. The molecule has 0 bridgehead atoms. The summed E-state index contributed by atoms with van der Waals surface area (Å²) in [6.07, 6.45) is 2.99. The molecule has 25 heavy (non-hydrogen) atoms. The molecule has 1 N–H and O–H groups in total. The number of nitrogens with zero attached hydrogens (tertiary/aromatic N) is 2. The molecule has 0 aliphatic rings. The standard InChI is InChI=1S/C22H17N3/c1-2-8-16(9-3-1)14-21-18(15-17-10-6-7-13-25(17)21)22-23-19-11-4-5-12-20(19)24-22/h1-13,15H,14H2,(H,23,24). The number of hydrogen-bond donors (Lipinski definition) is 1. The smallest absolute Gasteiger partial charge is 0.140 e. The molecule has 0 unspecified atom stereocenters. The fraction of sp³-hybridized carbons (Fsp3) is 0.0455. The second-order valence-corrected chi connectivity index (χ2v) is 6.27. The fourth-order valence-electron chi connectivity index (χ4n) is 3.44. The van der Waals surface area contributed by atoms with Crippen LogP contribution in [0.3, 0.4) is 0 Å². The first-order chi connectivity index (χ1) is 12.4. The van der Waals surface area contributed by atoms with Crippen molar-refractivity contribution in [3.63, 3.8) is 0 Å². The van der Waals surface area contributed by atoms with Gasteiger partial charge >= 0.3 is 0 Å². The zero-order valence-electron chi connectivity index (χ0n) is 13.7. The summed E-state index contributed by atoms with van der Waals surface area (Å²) in [4.78, 5) is 8.29. The summed E-state index contributed by atoms with van der Waals surface area (Å²) in [7, 11) is 0. The van der Waals surface area contributed by atoms with E-state index >= 15 is 0 Å². The molecule has 0 aliphatic carbocycles. The topological polar surface area (TPSA) is 33.1 Å². The normalized spacial score (nSPS) is 11.4. The van der Waals surface area contributed by atoms with Gasteiger partial charge in [-0.05, 0) is 35.9 Å². The highest BCUT2D eigenvalue weighted by Crippen LogP contribution is 2.29. The van der Waals surface area contributed by atoms with E-state index in [0.29, 0.717) is 0 Å². The lowest BCUT2D eigenvalue weighted by molar-refractivity contribution is 1.02. The number of aromatic nitrogens is 3. The molecule has 0 aliphatic heterocycles. The van der Waals surface area contributed by atoms with Crippen LogP contribution in [0.4, 0.5) is 0 Å². The van der Waals surface area contributed by atoms with Gasteiger partial charge < -0.3 is 9.38 Å². The minimum Gasteiger partial charge on any atom is -0.338 e. The van der Waals surface area contributed by atoms with Crippen LogP contribution in [0.2, 0.25) is 0 Å². The molecule has 0 saturated carbocycles. The van der Waals surface area contributed by atoms with Gasteiger partial charge in [0.15, 0.2) is 0 Å². The first-order valence-electron chi connectivity index (χ1n) is 8.46. The summed E-state index contributed by atoms with van der Waals surface area (Å²) in [5, 5.41) is 0. The first kappa shape index (κ1) is 14.1. The summed E-state index contributed by atoms with van der Waals surface area (Å²) in [6, 6.07) is 27.2. The monoisotopic (exact) mass is 323 g/mol. The van der Waals surface area contributed by atoms with Crippen LogP contribution in [0.25, 0.3) is 27.9 Å². The Morgan fingerprint density at radius 1 is 0.840 bits per heavy atom. The molecule has 0 fully saturated rings. The lowest BCUT2D eigenvalue weighted by Crippen LogP contribution is -1.96. The predicted octanol–water partition coefficient (Wildman–Crippen LogP) is 5.07. The minimum absolute atomic E-state index is 0.866. The molecule has 0 atom stereocenters. The molecule has 5 aromatic rings. The van der Waals surface area contributed by atoms with Gasteiger partial charge in [0.1, 0.15) is 5.82 Å². The maximum Gasteiger partial charge on any atom is 0.140 e. The number of hydrogen-bond acceptors (Lipinski definition) is 1. The molecule has 0 saturated heterocycles. The van der Waals surface area contributed by atoms with E-state index in [2.05, 4.69) is 76.2 Å². The SMILES string of the molecule is c1ccc(Cc2c(-c3nc4ccccc4[nH]3)cc3ccccn23)cc1. The van der Waals surface area contributed by atoms with E-state index in [-0.39, 0.29) is 0 Å². The Morgan fingerprint density at radius 3 is 2.52 bits per heavy atom. The Bertz CT molecular complexity index is 1130. The molecule has 0 spiro atoms. The van der Waals surface area contributed by atoms with Crippen LogP contribution in [0.1, 0.15) is 11.3 Å². The number of imidazole rings is 1. The second-order valence-electron chi connectivity index (χ2n) is 6.27. The van der Waals surface area contributed by atoms with Crippen molar-refractivity contribution in [1.82, 2.24) is 14.4 Å². The van der Waals surface area contributed by atoms with Crippen LogP contribution in [0.5, 0.6) is 0 Å². The Labute approximate surface area is 145 Å². The highest BCUT2D eigenvalue weighted by Gasteiger charge is 2.15. The summed E-state index contributed by atoms with van der Waals surface area (Å²) < 4.78 is 2.26. The molecule has 5 rings (SSSR count). The molecule has 3 aromatic heterocycles. The molecule has 3 heteroatoms. The van der Waals surface area contributed by atoms with Crippen molar-refractivity contribution in [3.8, 4) is 11.4 Å². The third kappa shape index (κ3) is 2.41. The molecule has 3 nitrogen and oxygen atoms in total. The highest BCUT2D eigenvalue weighted by atomic mass is 14.9. The van der Waals surface area contributed by atoms with Crippen molar-refractivity contribution in [2.75, 3.05) is 0 Å². The predicted molar refractivity (Wildman–Crippen MR) is 102 cm³/mol. The molecule has 3 heterocycles. The van der Waals surface area contributed by atoms with E-state index in [1.165, 1.54) is 16.8 Å². The number of aromatic amines is 1. The Morgan fingerprint density at radius 2 is 1.64 bits per heavy atom. The van der Waals surface area contributed by atoms with Gasteiger partial charge in [0.05, 0.1) is 11.0 Å². The van der Waals surface area contributed by atoms with E-state index < -0.39 is 0 Å². The Kier molecular flexibility index (Phi) is 3.17. The fourth-order valence-corrected chi connectivity index (χ4v) is 3.44. The van der Waals surface area contributed by atoms with Crippen LogP contribution in [0.15, 0.2) is 85.1 Å². The quantitative estimate of drug-likeness (QED) is 0.494. The number of nitrogens with one attached hydrogen (secondary N) is 1. The number of fused-ring (bicyclic) bond motifs is 2. The summed E-state index contributed by atoms with van der Waals surface area (Å²) in [5.41, 5.74) is 6.96. The van der Waals surface area contributed by atoms with Crippen molar-refractivity contribution >= 4 is 16.6 Å². The second kappa shape index (κ2) is 5.64. The van der Waals surface area contributed by atoms with Gasteiger partial charge in [0.25, 0.3) is 0 Å². The van der Waals surface area contributed by atoms with Crippen LogP contribution in [0, 0.1) is 0 Å². The van der Waals surface area contributed by atoms with E-state index in [4.69, 9.17) is 4.98 Å². The lowest BCUT2D eigenvalue weighted by Gasteiger charge is -2.06. The summed E-state index contributed by atoms with van der Waals surface area (Å²) in [5.74, 6) is 0.927. The molecule has 0 amide bonds. The average Bonchev–Trinajstić information content (AvgIpc) is 3.24. The number of benzene rings is 2. The summed E-state index contributed by atoms with van der Waals surface area (Å²) >= 11 is 0. The van der Waals surface area contributed by atoms with Crippen molar-refractivity contribution in [2.45, 2.75) is 6.42 Å². The number of pyridine rings is 1. The minimum atomic E-state index is 0.866. The van der Waals surface area contributed by atoms with Crippen molar-refractivity contribution in [2.24, 2.45) is 0 Å². The highest BCUT2D eigenvalue weighted by molar-refractivity contribution is 5.81. The van der Waals surface area contributed by atoms with Crippen molar-refractivity contribution in [3.05, 3.63) is 96.3 Å². The van der Waals surface area contributed by atoms with E-state index in [0.717, 1.165) is 28.8 Å². The van der Waals surface area contributed by atoms with Gasteiger partial charge in [-0.25, -0.2) is 4.98 Å². The van der Waals surface area contributed by atoms with Gasteiger partial charge in [-0.1, -0.05) is 48.5 Å². The van der Waals surface area contributed by atoms with Crippen LogP contribution in [-0.2, 0) is 6.42 Å². The van der Waals surface area contributed by atoms with Gasteiger partial charge in [-0.3, -0.25) is 0 Å². The van der Waals surface area contributed by atoms with Crippen molar-refractivity contribution < 1.29 is 0 Å². The number of H-pyrrole nitrogens is 1. The average molecular weight is 323 g/mol. The third-order valence-corrected chi connectivity index (χ3v) is 4.64. The van der Waals surface area contributed by atoms with E-state index in [1.807, 2.05) is 18.2 Å². The van der Waals surface area contributed by atoms with Gasteiger partial charge in [-0.15, -0.1) is 0 Å². The first-order valence-corrected chi connectivity index (χ1v) is 8.46. The molecule has 2 aromatic carbocycles. The number of para-hydroxylation sites is 2. The maximum atomic E-state index is 4.81. The van der Waals surface area contributed by atoms with Crippen LogP contribution in [-0.4, -0.2) is 14.4 Å². The largest absolute Gasteiger partial charge is 0.338 e. The van der Waals surface area contributed by atoms with E-state index in [1.54, 1.807) is 0 Å². The van der Waals surface area contributed by atoms with Crippen molar-refractivity contribution in [1.29, 1.82) is 0 Å². The van der Waals surface area contributed by atoms with Gasteiger partial charge in [0, 0.05) is 29.4 Å². The lowest BCUT2D eigenvalue weighted by atomic mass is 10.1. The van der Waals surface area contributed by atoms with Gasteiger partial charge in [0.2, 0.25) is 0 Å². The summed E-state index contributed by atoms with van der Waals surface area (Å²) in [6.45, 7) is 0. The van der Waals surface area contributed by atoms with Crippen LogP contribution < -0.4 is 0 Å². The van der Waals surface area contributed by atoms with Gasteiger partial charge in [-0.2, -0.15) is 0 Å². The molecule has 0 radical (unpaired) electrons. The molecule has 120 valence electrons. The van der Waals surface area contributed by atoms with Crippen LogP contribution >= 0.6 is 0 Å². The zero-order valence-corrected chi connectivity index (χ0v) is 13.7. The Balaban J connectivity index is 1.72. The van der Waals surface area contributed by atoms with E-state index in [9.17, 15) is 0 Å². The maximum absolute atomic E-state index is 4.81. The molecular weight excluding hydrogens is 306 g/mol.